The van der Waals surface area contributed by atoms with Crippen LogP contribution in [0.4, 0.5) is 0 Å². The molecule has 0 radical (unpaired) electrons. The van der Waals surface area contributed by atoms with Gasteiger partial charge in [-0.05, 0) is 18.1 Å². The number of carbonyl (C=O) groups is 1. The fourth-order valence-electron chi connectivity index (χ4n) is 2.12. The molecule has 1 rings (SSSR count). The van der Waals surface area contributed by atoms with Gasteiger partial charge >= 0.3 is 0 Å². The van der Waals surface area contributed by atoms with Crippen LogP contribution in [0, 0.1) is 11.3 Å². The Morgan fingerprint density at radius 3 is 2.48 bits per heavy atom. The third-order valence-electron chi connectivity index (χ3n) is 4.44. The largest absolute Gasteiger partial charge is 0.400 e. The molecular weight excluding hydrogens is 284 g/mol. The molecule has 0 aromatic carbocycles. The van der Waals surface area contributed by atoms with Gasteiger partial charge in [0, 0.05) is 13.7 Å². The van der Waals surface area contributed by atoms with Crippen LogP contribution >= 0.6 is 0 Å². The summed E-state index contributed by atoms with van der Waals surface area (Å²) in [5, 5.41) is 9.51. The zero-order chi connectivity index (χ0) is 16.4. The van der Waals surface area contributed by atoms with E-state index in [9.17, 15) is 10.1 Å². The molecule has 1 aliphatic heterocycles. The topological polar surface area (TPSA) is 62.6 Å². The van der Waals surface area contributed by atoms with E-state index in [1.165, 1.54) is 7.11 Å². The minimum absolute atomic E-state index is 0.00168. The summed E-state index contributed by atoms with van der Waals surface area (Å²) in [7, 11) is -0.605. The third kappa shape index (κ3) is 3.36. The molecule has 3 atom stereocenters. The Morgan fingerprint density at radius 2 is 2.10 bits per heavy atom. The Bertz CT molecular complexity index is 451. The Labute approximate surface area is 128 Å². The molecule has 21 heavy (non-hydrogen) atoms. The summed E-state index contributed by atoms with van der Waals surface area (Å²) < 4.78 is 11.4. The van der Waals surface area contributed by atoms with Crippen molar-refractivity contribution in [1.29, 1.82) is 5.26 Å². The molecule has 1 heterocycles. The zero-order valence-corrected chi connectivity index (χ0v) is 14.8. The van der Waals surface area contributed by atoms with Gasteiger partial charge in [-0.15, -0.1) is 6.58 Å². The van der Waals surface area contributed by atoms with Gasteiger partial charge in [0.2, 0.25) is 0 Å². The van der Waals surface area contributed by atoms with Crippen LogP contribution in [0.1, 0.15) is 20.8 Å². The zero-order valence-electron chi connectivity index (χ0n) is 13.8. The van der Waals surface area contributed by atoms with Crippen LogP contribution in [0.5, 0.6) is 0 Å². The SMILES string of the molecule is C=CCN1C(=O)[C@H](OC)[C@@H]1[C@H](C#N)O[Si](C)(C)C(C)(C)C. The number of nitrogens with zero attached hydrogens (tertiary/aromatic N) is 2. The van der Waals surface area contributed by atoms with E-state index in [2.05, 4.69) is 46.5 Å². The number of nitriles is 1. The van der Waals surface area contributed by atoms with Crippen LogP contribution in [-0.2, 0) is 14.0 Å². The fourth-order valence-corrected chi connectivity index (χ4v) is 3.30. The van der Waals surface area contributed by atoms with Crippen LogP contribution < -0.4 is 0 Å². The molecule has 1 amide bonds. The first-order valence-corrected chi connectivity index (χ1v) is 10.0. The maximum absolute atomic E-state index is 12.0. The molecule has 0 aromatic rings. The smallest absolute Gasteiger partial charge is 0.254 e. The molecule has 1 fully saturated rings. The van der Waals surface area contributed by atoms with E-state index in [0.717, 1.165) is 0 Å². The molecule has 6 heteroatoms. The monoisotopic (exact) mass is 310 g/mol. The van der Waals surface area contributed by atoms with Crippen molar-refractivity contribution in [2.24, 2.45) is 0 Å². The van der Waals surface area contributed by atoms with Gasteiger partial charge in [0.05, 0.1) is 6.07 Å². The van der Waals surface area contributed by atoms with Gasteiger partial charge in [-0.2, -0.15) is 5.26 Å². The average Bonchev–Trinajstić information content (AvgIpc) is 2.38. The molecule has 0 aliphatic carbocycles. The summed E-state index contributed by atoms with van der Waals surface area (Å²) in [5.74, 6) is -0.110. The number of β-lactam (4-membered cyclic amide) rings is 1. The number of methoxy groups -OCH3 is 1. The minimum atomic E-state index is -2.09. The van der Waals surface area contributed by atoms with Crippen molar-refractivity contribution in [1.82, 2.24) is 4.90 Å². The summed E-state index contributed by atoms with van der Waals surface area (Å²) in [6.07, 6.45) is 0.380. The first-order chi connectivity index (χ1) is 9.60. The Kier molecular flexibility index (Phi) is 5.37. The molecule has 1 aliphatic rings. The highest BCUT2D eigenvalue weighted by Gasteiger charge is 2.53. The number of carbonyl (C=O) groups excluding carboxylic acids is 1. The second kappa shape index (κ2) is 6.30. The molecule has 5 nitrogen and oxygen atoms in total. The summed E-state index contributed by atoms with van der Waals surface area (Å²) in [6.45, 7) is 14.6. The summed E-state index contributed by atoms with van der Waals surface area (Å²) in [4.78, 5) is 13.6. The predicted octanol–water partition coefficient (Wildman–Crippen LogP) is 2.31. The van der Waals surface area contributed by atoms with Crippen LogP contribution in [0.25, 0.3) is 0 Å². The van der Waals surface area contributed by atoms with Crippen molar-refractivity contribution in [2.45, 2.75) is 57.2 Å². The Morgan fingerprint density at radius 1 is 1.52 bits per heavy atom. The number of hydrogen-bond acceptors (Lipinski definition) is 4. The van der Waals surface area contributed by atoms with Crippen LogP contribution in [0.3, 0.4) is 0 Å². The highest BCUT2D eigenvalue weighted by Crippen LogP contribution is 2.39. The highest BCUT2D eigenvalue weighted by molar-refractivity contribution is 6.74. The average molecular weight is 310 g/mol. The Hall–Kier alpha value is -1.16. The van der Waals surface area contributed by atoms with E-state index >= 15 is 0 Å². The predicted molar refractivity (Wildman–Crippen MR) is 84.2 cm³/mol. The van der Waals surface area contributed by atoms with Crippen molar-refractivity contribution < 1.29 is 14.0 Å². The van der Waals surface area contributed by atoms with Crippen molar-refractivity contribution in [3.05, 3.63) is 12.7 Å². The van der Waals surface area contributed by atoms with Crippen LogP contribution in [0.15, 0.2) is 12.7 Å². The molecule has 0 N–H and O–H groups in total. The molecular formula is C15H26N2O3Si. The third-order valence-corrected chi connectivity index (χ3v) is 8.90. The summed E-state index contributed by atoms with van der Waals surface area (Å²) in [5.41, 5.74) is 0. The van der Waals surface area contributed by atoms with E-state index < -0.39 is 20.5 Å². The highest BCUT2D eigenvalue weighted by atomic mass is 28.4. The van der Waals surface area contributed by atoms with Gasteiger partial charge < -0.3 is 14.1 Å². The van der Waals surface area contributed by atoms with Gasteiger partial charge in [-0.1, -0.05) is 26.8 Å². The lowest BCUT2D eigenvalue weighted by molar-refractivity contribution is -0.175. The van der Waals surface area contributed by atoms with Crippen molar-refractivity contribution in [2.75, 3.05) is 13.7 Å². The second-order valence-electron chi connectivity index (χ2n) is 6.85. The van der Waals surface area contributed by atoms with Crippen LogP contribution in [-0.4, -0.2) is 51.0 Å². The quantitative estimate of drug-likeness (QED) is 0.429. The van der Waals surface area contributed by atoms with Gasteiger partial charge in [-0.3, -0.25) is 4.79 Å². The standard InChI is InChI=1S/C15H26N2O3Si/c1-8-9-17-12(13(19-5)14(17)18)11(10-16)20-21(6,7)15(2,3)4/h8,11-13H,1,9H2,2-7H3/t11-,12-,13+/m0/s1. The molecule has 0 spiro atoms. The van der Waals surface area contributed by atoms with Gasteiger partial charge in [0.1, 0.15) is 6.04 Å². The Balaban J connectivity index is 2.96. The number of likely N-dealkylation sites (tertiary alicyclic amines) is 1. The lowest BCUT2D eigenvalue weighted by atomic mass is 9.93. The normalized spacial score (nSPS) is 24.2. The first kappa shape index (κ1) is 17.9. The maximum atomic E-state index is 12.0. The van der Waals surface area contributed by atoms with E-state index in [4.69, 9.17) is 9.16 Å². The molecule has 0 saturated carbocycles. The van der Waals surface area contributed by atoms with Crippen LogP contribution in [0.2, 0.25) is 18.1 Å². The molecule has 118 valence electrons. The minimum Gasteiger partial charge on any atom is -0.400 e. The molecule has 0 bridgehead atoms. The molecule has 0 unspecified atom stereocenters. The molecule has 1 saturated heterocycles. The number of ether oxygens (including phenoxy) is 1. The van der Waals surface area contributed by atoms with Gasteiger partial charge in [0.25, 0.3) is 5.91 Å². The van der Waals surface area contributed by atoms with Crippen molar-refractivity contribution >= 4 is 14.2 Å². The summed E-state index contributed by atoms with van der Waals surface area (Å²) in [6, 6.07) is 1.85. The van der Waals surface area contributed by atoms with Crippen molar-refractivity contribution in [3.8, 4) is 6.07 Å². The van der Waals surface area contributed by atoms with E-state index in [-0.39, 0.29) is 17.0 Å². The lowest BCUT2D eigenvalue weighted by Crippen LogP contribution is -2.70. The molecule has 0 aromatic heterocycles. The number of amides is 1. The van der Waals surface area contributed by atoms with Gasteiger partial charge in [0.15, 0.2) is 20.5 Å². The number of hydrogen-bond donors (Lipinski definition) is 0. The fraction of sp³-hybridized carbons (Fsp3) is 0.733. The second-order valence-corrected chi connectivity index (χ2v) is 11.6. The van der Waals surface area contributed by atoms with Gasteiger partial charge in [-0.25, -0.2) is 0 Å². The van der Waals surface area contributed by atoms with E-state index in [1.54, 1.807) is 11.0 Å². The lowest BCUT2D eigenvalue weighted by Gasteiger charge is -2.49. The van der Waals surface area contributed by atoms with E-state index in [0.29, 0.717) is 6.54 Å². The number of rotatable bonds is 6. The van der Waals surface area contributed by atoms with E-state index in [1.807, 2.05) is 0 Å². The van der Waals surface area contributed by atoms with Crippen molar-refractivity contribution in [3.63, 3.8) is 0 Å². The summed E-state index contributed by atoms with van der Waals surface area (Å²) >= 11 is 0. The maximum Gasteiger partial charge on any atom is 0.254 e. The first-order valence-electron chi connectivity index (χ1n) is 7.12.